The Balaban J connectivity index is 1.91. The molecule has 0 saturated heterocycles. The van der Waals surface area contributed by atoms with Gasteiger partial charge in [0.2, 0.25) is 0 Å². The first-order valence-electron chi connectivity index (χ1n) is 5.91. The van der Waals surface area contributed by atoms with E-state index in [2.05, 4.69) is 21.2 Å². The molecule has 0 unspecified atom stereocenters. The molecule has 0 aliphatic rings. The molecule has 1 amide bonds. The zero-order chi connectivity index (χ0) is 13.5. The lowest BCUT2D eigenvalue weighted by atomic mass is 10.2. The number of para-hydroxylation sites is 1. The summed E-state index contributed by atoms with van der Waals surface area (Å²) in [5.74, 6) is 0. The van der Waals surface area contributed by atoms with Crippen LogP contribution in [0.5, 0.6) is 0 Å². The summed E-state index contributed by atoms with van der Waals surface area (Å²) in [7, 11) is 0. The first-order valence-corrected chi connectivity index (χ1v) is 7.03. The molecule has 0 bridgehead atoms. The van der Waals surface area contributed by atoms with E-state index in [1.807, 2.05) is 54.6 Å². The molecule has 0 atom stereocenters. The first-order chi connectivity index (χ1) is 9.29. The summed E-state index contributed by atoms with van der Waals surface area (Å²) < 4.78 is 5.17. The Morgan fingerprint density at radius 1 is 1.05 bits per heavy atom. The van der Waals surface area contributed by atoms with Gasteiger partial charge in [-0.25, -0.2) is 4.79 Å². The van der Waals surface area contributed by atoms with Gasteiger partial charge in [0.05, 0.1) is 0 Å². The number of ether oxygens (including phenoxy) is 1. The molecule has 0 fully saturated rings. The van der Waals surface area contributed by atoms with Crippen LogP contribution in [0.1, 0.15) is 11.1 Å². The van der Waals surface area contributed by atoms with Crippen molar-refractivity contribution in [3.05, 3.63) is 65.7 Å². The zero-order valence-electron chi connectivity index (χ0n) is 10.3. The molecular weight excluding hydrogens is 306 g/mol. The zero-order valence-corrected chi connectivity index (χ0v) is 11.9. The lowest BCUT2D eigenvalue weighted by Crippen LogP contribution is -2.14. The molecule has 4 heteroatoms. The van der Waals surface area contributed by atoms with Crippen molar-refractivity contribution >= 4 is 27.7 Å². The fourth-order valence-electron chi connectivity index (χ4n) is 1.63. The van der Waals surface area contributed by atoms with Crippen LogP contribution in [0.15, 0.2) is 54.6 Å². The normalized spacial score (nSPS) is 9.95. The van der Waals surface area contributed by atoms with Crippen LogP contribution in [0.4, 0.5) is 10.5 Å². The molecule has 0 heterocycles. The van der Waals surface area contributed by atoms with Gasteiger partial charge < -0.3 is 4.74 Å². The average molecular weight is 320 g/mol. The summed E-state index contributed by atoms with van der Waals surface area (Å²) in [5, 5.41) is 3.42. The standard InChI is InChI=1S/C15H14BrNO2/c16-10-13-8-4-5-9-14(13)17-15(18)19-11-12-6-2-1-3-7-12/h1-9H,10-11H2,(H,17,18). The third-order valence-corrected chi connectivity index (χ3v) is 3.21. The van der Waals surface area contributed by atoms with Crippen molar-refractivity contribution in [2.24, 2.45) is 0 Å². The molecule has 3 nitrogen and oxygen atoms in total. The van der Waals surface area contributed by atoms with Gasteiger partial charge in [-0.2, -0.15) is 0 Å². The van der Waals surface area contributed by atoms with Crippen LogP contribution in [0.3, 0.4) is 0 Å². The summed E-state index contributed by atoms with van der Waals surface area (Å²) in [5.41, 5.74) is 2.74. The molecule has 2 rings (SSSR count). The molecule has 2 aromatic carbocycles. The van der Waals surface area contributed by atoms with E-state index in [0.717, 1.165) is 16.8 Å². The second kappa shape index (κ2) is 6.95. The predicted molar refractivity (Wildman–Crippen MR) is 79.3 cm³/mol. The van der Waals surface area contributed by atoms with E-state index in [1.54, 1.807) is 0 Å². The average Bonchev–Trinajstić information content (AvgIpc) is 2.47. The SMILES string of the molecule is O=C(Nc1ccccc1CBr)OCc1ccccc1. The summed E-state index contributed by atoms with van der Waals surface area (Å²) in [6.45, 7) is 0.267. The third-order valence-electron chi connectivity index (χ3n) is 2.61. The van der Waals surface area contributed by atoms with Crippen LogP contribution >= 0.6 is 15.9 Å². The first kappa shape index (κ1) is 13.6. The van der Waals surface area contributed by atoms with Gasteiger partial charge in [-0.3, -0.25) is 5.32 Å². The molecule has 0 aliphatic heterocycles. The Morgan fingerprint density at radius 3 is 2.47 bits per heavy atom. The van der Waals surface area contributed by atoms with E-state index >= 15 is 0 Å². The fraction of sp³-hybridized carbons (Fsp3) is 0.133. The Kier molecular flexibility index (Phi) is 4.98. The van der Waals surface area contributed by atoms with Crippen molar-refractivity contribution in [2.45, 2.75) is 11.9 Å². The number of carbonyl (C=O) groups excluding carboxylic acids is 1. The molecular formula is C15H14BrNO2. The van der Waals surface area contributed by atoms with Crippen LogP contribution in [0.25, 0.3) is 0 Å². The van der Waals surface area contributed by atoms with Crippen molar-refractivity contribution in [3.8, 4) is 0 Å². The number of hydrogen-bond acceptors (Lipinski definition) is 2. The second-order valence-electron chi connectivity index (χ2n) is 3.98. The number of amides is 1. The number of hydrogen-bond donors (Lipinski definition) is 1. The van der Waals surface area contributed by atoms with Crippen LogP contribution in [0.2, 0.25) is 0 Å². The Morgan fingerprint density at radius 2 is 1.74 bits per heavy atom. The topological polar surface area (TPSA) is 38.3 Å². The molecule has 0 aromatic heterocycles. The van der Waals surface area contributed by atoms with Gasteiger partial charge in [-0.1, -0.05) is 64.5 Å². The number of anilines is 1. The predicted octanol–water partition coefficient (Wildman–Crippen LogP) is 4.33. The second-order valence-corrected chi connectivity index (χ2v) is 4.54. The maximum Gasteiger partial charge on any atom is 0.411 e. The largest absolute Gasteiger partial charge is 0.444 e. The highest BCUT2D eigenvalue weighted by molar-refractivity contribution is 9.08. The summed E-state index contributed by atoms with van der Waals surface area (Å²) in [4.78, 5) is 11.7. The van der Waals surface area contributed by atoms with Gasteiger partial charge in [-0.15, -0.1) is 0 Å². The van der Waals surface area contributed by atoms with Crippen LogP contribution in [-0.4, -0.2) is 6.09 Å². The number of halogens is 1. The van der Waals surface area contributed by atoms with E-state index in [0.29, 0.717) is 5.33 Å². The summed E-state index contributed by atoms with van der Waals surface area (Å²) >= 11 is 3.38. The fourth-order valence-corrected chi connectivity index (χ4v) is 2.12. The maximum atomic E-state index is 11.7. The Labute approximate surface area is 120 Å². The van der Waals surface area contributed by atoms with Crippen molar-refractivity contribution in [1.82, 2.24) is 0 Å². The molecule has 1 N–H and O–H groups in total. The van der Waals surface area contributed by atoms with E-state index in [1.165, 1.54) is 0 Å². The van der Waals surface area contributed by atoms with Gasteiger partial charge >= 0.3 is 6.09 Å². The van der Waals surface area contributed by atoms with Crippen molar-refractivity contribution in [3.63, 3.8) is 0 Å². The minimum Gasteiger partial charge on any atom is -0.444 e. The van der Waals surface area contributed by atoms with Gasteiger partial charge in [0.1, 0.15) is 6.61 Å². The highest BCUT2D eigenvalue weighted by Crippen LogP contribution is 2.18. The quantitative estimate of drug-likeness (QED) is 0.852. The lowest BCUT2D eigenvalue weighted by Gasteiger charge is -2.09. The van der Waals surface area contributed by atoms with E-state index in [4.69, 9.17) is 4.74 Å². The highest BCUT2D eigenvalue weighted by Gasteiger charge is 2.06. The van der Waals surface area contributed by atoms with Crippen molar-refractivity contribution in [1.29, 1.82) is 0 Å². The smallest absolute Gasteiger partial charge is 0.411 e. The van der Waals surface area contributed by atoms with Crippen LogP contribution in [-0.2, 0) is 16.7 Å². The molecule has 0 radical (unpaired) electrons. The van der Waals surface area contributed by atoms with E-state index < -0.39 is 6.09 Å². The van der Waals surface area contributed by atoms with Gasteiger partial charge in [0.15, 0.2) is 0 Å². The van der Waals surface area contributed by atoms with E-state index in [9.17, 15) is 4.79 Å². The molecule has 2 aromatic rings. The van der Waals surface area contributed by atoms with Gasteiger partial charge in [0, 0.05) is 11.0 Å². The molecule has 98 valence electrons. The van der Waals surface area contributed by atoms with Crippen LogP contribution in [0, 0.1) is 0 Å². The van der Waals surface area contributed by atoms with Crippen molar-refractivity contribution < 1.29 is 9.53 Å². The molecule has 0 saturated carbocycles. The number of alkyl halides is 1. The van der Waals surface area contributed by atoms with Crippen molar-refractivity contribution in [2.75, 3.05) is 5.32 Å². The Bertz CT molecular complexity index is 543. The third kappa shape index (κ3) is 4.10. The van der Waals surface area contributed by atoms with Gasteiger partial charge in [-0.05, 0) is 17.2 Å². The molecule has 0 spiro atoms. The Hall–Kier alpha value is -1.81. The summed E-state index contributed by atoms with van der Waals surface area (Å²) in [6, 6.07) is 17.2. The number of benzene rings is 2. The number of carbonyl (C=O) groups is 1. The monoisotopic (exact) mass is 319 g/mol. The lowest BCUT2D eigenvalue weighted by molar-refractivity contribution is 0.155. The maximum absolute atomic E-state index is 11.7. The molecule has 0 aliphatic carbocycles. The van der Waals surface area contributed by atoms with Crippen LogP contribution < -0.4 is 5.32 Å². The summed E-state index contributed by atoms with van der Waals surface area (Å²) in [6.07, 6.45) is -0.447. The minimum atomic E-state index is -0.447. The van der Waals surface area contributed by atoms with Gasteiger partial charge in [0.25, 0.3) is 0 Å². The number of rotatable bonds is 4. The van der Waals surface area contributed by atoms with E-state index in [-0.39, 0.29) is 6.61 Å². The number of nitrogens with one attached hydrogen (secondary N) is 1. The highest BCUT2D eigenvalue weighted by atomic mass is 79.9. The minimum absolute atomic E-state index is 0.267. The molecule has 19 heavy (non-hydrogen) atoms.